The van der Waals surface area contributed by atoms with Gasteiger partial charge in [0.1, 0.15) is 12.0 Å². The van der Waals surface area contributed by atoms with Gasteiger partial charge in [0.15, 0.2) is 0 Å². The van der Waals surface area contributed by atoms with E-state index < -0.39 is 0 Å². The van der Waals surface area contributed by atoms with Crippen LogP contribution in [0.15, 0.2) is 24.3 Å². The normalized spacial score (nSPS) is 15.8. The summed E-state index contributed by atoms with van der Waals surface area (Å²) in [5.74, 6) is 0.767. The van der Waals surface area contributed by atoms with Crippen LogP contribution >= 0.6 is 0 Å². The van der Waals surface area contributed by atoms with Gasteiger partial charge in [0.2, 0.25) is 0 Å². The average Bonchev–Trinajstić information content (AvgIpc) is 2.40. The molecule has 1 fully saturated rings. The highest BCUT2D eigenvalue weighted by molar-refractivity contribution is 5.75. The molecule has 1 saturated carbocycles. The lowest BCUT2D eigenvalue weighted by atomic mass is 9.90. The molecule has 2 rings (SSSR count). The zero-order chi connectivity index (χ0) is 12.5. The SMILES string of the molecule is O=Cc1cccc(O)c1.OCC1CCCCC1. The highest BCUT2D eigenvalue weighted by atomic mass is 16.3. The van der Waals surface area contributed by atoms with Crippen molar-refractivity contribution in [3.8, 4) is 5.75 Å². The van der Waals surface area contributed by atoms with Gasteiger partial charge in [0.05, 0.1) is 0 Å². The first kappa shape index (κ1) is 13.7. The lowest BCUT2D eigenvalue weighted by molar-refractivity contribution is 0.112. The van der Waals surface area contributed by atoms with Crippen molar-refractivity contribution in [3.05, 3.63) is 29.8 Å². The van der Waals surface area contributed by atoms with Crippen molar-refractivity contribution in [2.45, 2.75) is 32.1 Å². The lowest BCUT2D eigenvalue weighted by Crippen LogP contribution is -2.09. The van der Waals surface area contributed by atoms with Gasteiger partial charge in [-0.2, -0.15) is 0 Å². The largest absolute Gasteiger partial charge is 0.508 e. The Bertz CT molecular complexity index is 330. The average molecular weight is 236 g/mol. The number of carbonyl (C=O) groups is 1. The first-order chi connectivity index (χ1) is 8.26. The predicted octanol–water partition coefficient (Wildman–Crippen LogP) is 2.76. The van der Waals surface area contributed by atoms with Crippen molar-refractivity contribution in [3.63, 3.8) is 0 Å². The Morgan fingerprint density at radius 2 is 1.94 bits per heavy atom. The van der Waals surface area contributed by atoms with Gasteiger partial charge in [-0.15, -0.1) is 0 Å². The Morgan fingerprint density at radius 1 is 1.24 bits per heavy atom. The molecule has 1 aromatic carbocycles. The first-order valence-corrected chi connectivity index (χ1v) is 6.11. The molecule has 94 valence electrons. The van der Waals surface area contributed by atoms with E-state index in [1.54, 1.807) is 12.1 Å². The Morgan fingerprint density at radius 3 is 2.35 bits per heavy atom. The summed E-state index contributed by atoms with van der Waals surface area (Å²) < 4.78 is 0. The maximum Gasteiger partial charge on any atom is 0.150 e. The molecular formula is C14H20O3. The fourth-order valence-electron chi connectivity index (χ4n) is 1.97. The lowest BCUT2D eigenvalue weighted by Gasteiger charge is -2.18. The number of phenolic OH excluding ortho intramolecular Hbond substituents is 1. The third kappa shape index (κ3) is 5.50. The fourth-order valence-corrected chi connectivity index (χ4v) is 1.97. The Balaban J connectivity index is 0.000000171. The zero-order valence-electron chi connectivity index (χ0n) is 10.0. The molecule has 0 unspecified atom stereocenters. The number of aliphatic hydroxyl groups excluding tert-OH is 1. The second-order valence-corrected chi connectivity index (χ2v) is 4.40. The minimum atomic E-state index is 0.125. The summed E-state index contributed by atoms with van der Waals surface area (Å²) in [6, 6.07) is 6.19. The van der Waals surface area contributed by atoms with Crippen LogP contribution in [0.2, 0.25) is 0 Å². The minimum absolute atomic E-state index is 0.125. The van der Waals surface area contributed by atoms with E-state index in [-0.39, 0.29) is 5.75 Å². The molecule has 0 spiro atoms. The first-order valence-electron chi connectivity index (χ1n) is 6.11. The van der Waals surface area contributed by atoms with Crippen LogP contribution in [0, 0.1) is 5.92 Å². The second kappa shape index (κ2) is 7.85. The van der Waals surface area contributed by atoms with Crippen molar-refractivity contribution >= 4 is 6.29 Å². The summed E-state index contributed by atoms with van der Waals surface area (Å²) in [5.41, 5.74) is 0.495. The third-order valence-electron chi connectivity index (χ3n) is 2.99. The molecule has 0 radical (unpaired) electrons. The standard InChI is InChI=1S/C7H6O2.C7H14O/c8-5-6-2-1-3-7(9)4-6;8-6-7-4-2-1-3-5-7/h1-5,9H;7-8H,1-6H2. The van der Waals surface area contributed by atoms with Crippen LogP contribution in [0.4, 0.5) is 0 Å². The van der Waals surface area contributed by atoms with E-state index in [1.807, 2.05) is 0 Å². The van der Waals surface area contributed by atoms with E-state index in [0.29, 0.717) is 24.4 Å². The number of aliphatic hydroxyl groups is 1. The van der Waals surface area contributed by atoms with Crippen LogP contribution in [0.25, 0.3) is 0 Å². The van der Waals surface area contributed by atoms with Crippen LogP contribution in [-0.4, -0.2) is 23.1 Å². The molecule has 0 aromatic heterocycles. The van der Waals surface area contributed by atoms with Gasteiger partial charge in [-0.3, -0.25) is 4.79 Å². The molecule has 0 atom stereocenters. The zero-order valence-corrected chi connectivity index (χ0v) is 10.0. The van der Waals surface area contributed by atoms with E-state index in [9.17, 15) is 4.79 Å². The van der Waals surface area contributed by atoms with Crippen molar-refractivity contribution in [1.82, 2.24) is 0 Å². The summed E-state index contributed by atoms with van der Waals surface area (Å²) in [7, 11) is 0. The molecule has 0 amide bonds. The van der Waals surface area contributed by atoms with E-state index in [2.05, 4.69) is 0 Å². The van der Waals surface area contributed by atoms with Crippen LogP contribution < -0.4 is 0 Å². The monoisotopic (exact) mass is 236 g/mol. The van der Waals surface area contributed by atoms with Gasteiger partial charge in [0, 0.05) is 12.2 Å². The number of hydrogen-bond donors (Lipinski definition) is 2. The molecule has 0 aliphatic heterocycles. The maximum atomic E-state index is 10.0. The minimum Gasteiger partial charge on any atom is -0.508 e. The van der Waals surface area contributed by atoms with Gasteiger partial charge in [0.25, 0.3) is 0 Å². The number of hydrogen-bond acceptors (Lipinski definition) is 3. The fraction of sp³-hybridized carbons (Fsp3) is 0.500. The van der Waals surface area contributed by atoms with Crippen LogP contribution in [0.1, 0.15) is 42.5 Å². The molecule has 1 aliphatic rings. The summed E-state index contributed by atoms with van der Waals surface area (Å²) >= 11 is 0. The van der Waals surface area contributed by atoms with Crippen molar-refractivity contribution < 1.29 is 15.0 Å². The second-order valence-electron chi connectivity index (χ2n) is 4.40. The van der Waals surface area contributed by atoms with Gasteiger partial charge in [-0.05, 0) is 30.9 Å². The van der Waals surface area contributed by atoms with Gasteiger partial charge in [-0.1, -0.05) is 31.4 Å². The van der Waals surface area contributed by atoms with Crippen molar-refractivity contribution in [2.24, 2.45) is 5.92 Å². The number of aldehydes is 1. The van der Waals surface area contributed by atoms with Gasteiger partial charge < -0.3 is 10.2 Å². The van der Waals surface area contributed by atoms with Gasteiger partial charge in [-0.25, -0.2) is 0 Å². The topological polar surface area (TPSA) is 57.5 Å². The smallest absolute Gasteiger partial charge is 0.150 e. The number of rotatable bonds is 2. The number of aromatic hydroxyl groups is 1. The summed E-state index contributed by atoms with van der Waals surface area (Å²) in [4.78, 5) is 10.0. The van der Waals surface area contributed by atoms with E-state index in [4.69, 9.17) is 10.2 Å². The van der Waals surface area contributed by atoms with E-state index >= 15 is 0 Å². The number of benzene rings is 1. The van der Waals surface area contributed by atoms with Crippen molar-refractivity contribution in [2.75, 3.05) is 6.61 Å². The molecule has 1 aliphatic carbocycles. The molecule has 17 heavy (non-hydrogen) atoms. The molecule has 3 heteroatoms. The van der Waals surface area contributed by atoms with E-state index in [0.717, 1.165) is 0 Å². The van der Waals surface area contributed by atoms with E-state index in [1.165, 1.54) is 44.2 Å². The molecule has 0 saturated heterocycles. The molecule has 1 aromatic rings. The number of carbonyl (C=O) groups excluding carboxylic acids is 1. The summed E-state index contributed by atoms with van der Waals surface area (Å²) in [5, 5.41) is 17.5. The Hall–Kier alpha value is -1.35. The third-order valence-corrected chi connectivity index (χ3v) is 2.99. The molecule has 0 heterocycles. The molecule has 0 bridgehead atoms. The Labute approximate surface area is 102 Å². The maximum absolute atomic E-state index is 10.0. The van der Waals surface area contributed by atoms with Crippen LogP contribution in [0.5, 0.6) is 5.75 Å². The van der Waals surface area contributed by atoms with Crippen LogP contribution in [-0.2, 0) is 0 Å². The predicted molar refractivity (Wildman–Crippen MR) is 67.2 cm³/mol. The Kier molecular flexibility index (Phi) is 6.33. The molecule has 2 N–H and O–H groups in total. The number of phenols is 1. The van der Waals surface area contributed by atoms with Crippen LogP contribution in [0.3, 0.4) is 0 Å². The summed E-state index contributed by atoms with van der Waals surface area (Å²) in [6.07, 6.45) is 7.28. The highest BCUT2D eigenvalue weighted by Crippen LogP contribution is 2.22. The van der Waals surface area contributed by atoms with Crippen molar-refractivity contribution in [1.29, 1.82) is 0 Å². The summed E-state index contributed by atoms with van der Waals surface area (Å²) in [6.45, 7) is 0.417. The highest BCUT2D eigenvalue weighted by Gasteiger charge is 2.10. The quantitative estimate of drug-likeness (QED) is 0.776. The molecular weight excluding hydrogens is 216 g/mol. The van der Waals surface area contributed by atoms with Gasteiger partial charge >= 0.3 is 0 Å². The molecule has 3 nitrogen and oxygen atoms in total.